The van der Waals surface area contributed by atoms with Crippen LogP contribution < -0.4 is 15.1 Å². The van der Waals surface area contributed by atoms with E-state index in [1.807, 2.05) is 41.0 Å². The molecule has 0 aromatic carbocycles. The van der Waals surface area contributed by atoms with Gasteiger partial charge in [0, 0.05) is 83.4 Å². The highest BCUT2D eigenvalue weighted by molar-refractivity contribution is 7.18. The number of carbonyl (C=O) groups excluding carboxylic acids is 2. The van der Waals surface area contributed by atoms with E-state index in [0.29, 0.717) is 30.2 Å². The van der Waals surface area contributed by atoms with Gasteiger partial charge >= 0.3 is 0 Å². The molecular weight excluding hydrogens is 727 g/mol. The molecule has 288 valence electrons. The summed E-state index contributed by atoms with van der Waals surface area (Å²) in [5.41, 5.74) is 6.22. The lowest BCUT2D eigenvalue weighted by Gasteiger charge is -2.39. The predicted molar refractivity (Wildman–Crippen MR) is 212 cm³/mol. The van der Waals surface area contributed by atoms with Crippen LogP contribution in [0.4, 0.5) is 10.9 Å². The number of hydrogen-bond donors (Lipinski definition) is 1. The minimum absolute atomic E-state index is 0.196. The molecule has 9 heterocycles. The van der Waals surface area contributed by atoms with E-state index in [9.17, 15) is 14.9 Å². The van der Waals surface area contributed by atoms with Crippen LogP contribution in [-0.4, -0.2) is 106 Å². The van der Waals surface area contributed by atoms with E-state index in [2.05, 4.69) is 42.3 Å². The fourth-order valence-electron chi connectivity index (χ4n) is 8.55. The molecule has 4 aliphatic heterocycles. The fourth-order valence-corrected chi connectivity index (χ4v) is 9.49. The van der Waals surface area contributed by atoms with E-state index in [1.165, 1.54) is 5.56 Å². The zero-order valence-electron chi connectivity index (χ0n) is 31.3. The minimum atomic E-state index is -0.304. The number of fused-ring (bicyclic) bond motifs is 1. The molecule has 15 heteroatoms. The lowest BCUT2D eigenvalue weighted by Crippen LogP contribution is -2.49. The molecule has 0 saturated carbocycles. The Balaban J connectivity index is 0.804. The molecule has 4 fully saturated rings. The summed E-state index contributed by atoms with van der Waals surface area (Å²) in [6.45, 7) is 8.53. The van der Waals surface area contributed by atoms with Crippen molar-refractivity contribution >= 4 is 39.6 Å². The van der Waals surface area contributed by atoms with E-state index in [-0.39, 0.29) is 17.7 Å². The smallest absolute Gasteiger partial charge is 0.234 e. The topological polar surface area (TPSA) is 158 Å². The number of rotatable bonds is 10. The number of imide groups is 1. The second kappa shape index (κ2) is 16.0. The number of aromatic nitrogens is 6. The van der Waals surface area contributed by atoms with Crippen LogP contribution in [0.5, 0.6) is 0 Å². The monoisotopic (exact) mass is 771 g/mol. The lowest BCUT2D eigenvalue weighted by molar-refractivity contribution is -0.134. The molecule has 0 aliphatic carbocycles. The zero-order valence-corrected chi connectivity index (χ0v) is 32.2. The van der Waals surface area contributed by atoms with Crippen molar-refractivity contribution in [1.29, 1.82) is 5.26 Å². The first-order chi connectivity index (χ1) is 27.5. The van der Waals surface area contributed by atoms with Crippen LogP contribution in [0.2, 0.25) is 0 Å². The average Bonchev–Trinajstić information content (AvgIpc) is 4.03. The summed E-state index contributed by atoms with van der Waals surface area (Å²) in [6.07, 6.45) is 11.5. The van der Waals surface area contributed by atoms with E-state index in [0.717, 1.165) is 135 Å². The number of hydrogen-bond acceptors (Lipinski definition) is 13. The zero-order chi connectivity index (χ0) is 38.0. The number of anilines is 2. The second-order valence-corrected chi connectivity index (χ2v) is 16.4. The highest BCUT2D eigenvalue weighted by atomic mass is 32.1. The second-order valence-electron chi connectivity index (χ2n) is 15.5. The molecule has 14 nitrogen and oxygen atoms in total. The number of aryl methyl sites for hydroxylation is 1. The molecule has 2 amide bonds. The van der Waals surface area contributed by atoms with Crippen molar-refractivity contribution < 1.29 is 14.3 Å². The average molecular weight is 772 g/mol. The van der Waals surface area contributed by atoms with Gasteiger partial charge < -0.3 is 14.5 Å². The number of nitrogens with one attached hydrogen (secondary N) is 1. The van der Waals surface area contributed by atoms with Crippen molar-refractivity contribution in [2.24, 2.45) is 11.8 Å². The molecule has 9 rings (SSSR count). The van der Waals surface area contributed by atoms with E-state index >= 15 is 0 Å². The number of ether oxygens (including phenoxy) is 1. The van der Waals surface area contributed by atoms with Crippen molar-refractivity contribution in [3.05, 3.63) is 71.7 Å². The number of nitrogens with zero attached hydrogens (tertiary/aromatic N) is 10. The molecule has 4 saturated heterocycles. The number of carbonyl (C=O) groups is 2. The third-order valence-electron chi connectivity index (χ3n) is 11.9. The molecule has 1 N–H and O–H groups in total. The molecular formula is C41H45N11O3S. The minimum Gasteiger partial charge on any atom is -0.381 e. The number of nitriles is 1. The van der Waals surface area contributed by atoms with Gasteiger partial charge in [-0.1, -0.05) is 17.4 Å². The van der Waals surface area contributed by atoms with E-state index < -0.39 is 0 Å². The van der Waals surface area contributed by atoms with Gasteiger partial charge in [0.25, 0.3) is 0 Å². The Hall–Kier alpha value is -5.30. The number of amides is 2. The Morgan fingerprint density at radius 2 is 1.77 bits per heavy atom. The Kier molecular flexibility index (Phi) is 10.4. The Bertz CT molecular complexity index is 2240. The standard InChI is InChI=1S/C41H45N11O3S/c42-21-29-19-32-4-6-36(52(32)45-22-29)35-20-30(2-1-28-11-18-55-26-28)34(24-43-35)40-47-48-41(56-40)51-16-14-49(15-17-51)25-27-9-12-50(13-10-27)37-7-3-31(23-44-37)33-5-8-38(53)46-39(33)54/h3-4,6-7,19-20,22-24,27-28,33H,1-2,5,8-18,25-26H2,(H,46,53,54)/t28-,33+/m1/s1. The van der Waals surface area contributed by atoms with Gasteiger partial charge in [-0.2, -0.15) is 10.4 Å². The summed E-state index contributed by atoms with van der Waals surface area (Å²) in [5, 5.41) is 27.5. The summed E-state index contributed by atoms with van der Waals surface area (Å²) in [6, 6.07) is 14.2. The summed E-state index contributed by atoms with van der Waals surface area (Å²) in [4.78, 5) is 40.7. The SMILES string of the molecule is N#Cc1cnn2c(-c3cc(CC[C@@H]4CCOC4)c(-c4nnc(N5CCN(CC6CCN(c7ccc([C@@H]8CCC(=O)NC8=O)cn7)CC6)CC5)s4)cn3)ccc2c1. The van der Waals surface area contributed by atoms with Gasteiger partial charge in [-0.3, -0.25) is 24.8 Å². The maximum Gasteiger partial charge on any atom is 0.234 e. The van der Waals surface area contributed by atoms with Gasteiger partial charge in [-0.15, -0.1) is 10.2 Å². The van der Waals surface area contributed by atoms with Gasteiger partial charge in [-0.05, 0) is 91.8 Å². The first kappa shape index (κ1) is 36.3. The highest BCUT2D eigenvalue weighted by Crippen LogP contribution is 2.35. The van der Waals surface area contributed by atoms with Crippen LogP contribution in [0.15, 0.2) is 55.0 Å². The normalized spacial score (nSPS) is 21.1. The Morgan fingerprint density at radius 3 is 2.54 bits per heavy atom. The van der Waals surface area contributed by atoms with Crippen LogP contribution in [0.3, 0.4) is 0 Å². The van der Waals surface area contributed by atoms with Crippen molar-refractivity contribution in [2.45, 2.75) is 50.9 Å². The molecule has 5 aromatic rings. The molecule has 5 aromatic heterocycles. The van der Waals surface area contributed by atoms with Crippen LogP contribution >= 0.6 is 11.3 Å². The van der Waals surface area contributed by atoms with Gasteiger partial charge in [0.15, 0.2) is 5.01 Å². The van der Waals surface area contributed by atoms with Crippen molar-refractivity contribution in [2.75, 3.05) is 68.8 Å². The Morgan fingerprint density at radius 1 is 0.893 bits per heavy atom. The third kappa shape index (κ3) is 7.73. The quantitative estimate of drug-likeness (QED) is 0.195. The fraction of sp³-hybridized carbons (Fsp3) is 0.463. The van der Waals surface area contributed by atoms with Crippen LogP contribution in [0, 0.1) is 23.2 Å². The van der Waals surface area contributed by atoms with Crippen LogP contribution in [0.1, 0.15) is 61.1 Å². The van der Waals surface area contributed by atoms with Gasteiger partial charge in [0.2, 0.25) is 16.9 Å². The largest absolute Gasteiger partial charge is 0.381 e. The van der Waals surface area contributed by atoms with Crippen molar-refractivity contribution in [1.82, 2.24) is 40.0 Å². The molecule has 0 bridgehead atoms. The molecule has 0 unspecified atom stereocenters. The highest BCUT2D eigenvalue weighted by Gasteiger charge is 2.30. The van der Waals surface area contributed by atoms with E-state index in [4.69, 9.17) is 19.8 Å². The summed E-state index contributed by atoms with van der Waals surface area (Å²) < 4.78 is 7.52. The first-order valence-corrected chi connectivity index (χ1v) is 20.6. The summed E-state index contributed by atoms with van der Waals surface area (Å²) in [7, 11) is 0. The number of piperazine rings is 1. The lowest BCUT2D eigenvalue weighted by atomic mass is 9.91. The van der Waals surface area contributed by atoms with Crippen molar-refractivity contribution in [3.8, 4) is 28.0 Å². The number of piperidine rings is 2. The molecule has 0 radical (unpaired) electrons. The van der Waals surface area contributed by atoms with Gasteiger partial charge in [0.05, 0.1) is 34.6 Å². The first-order valence-electron chi connectivity index (χ1n) is 19.8. The third-order valence-corrected chi connectivity index (χ3v) is 12.9. The maximum absolute atomic E-state index is 12.3. The Labute approximate surface area is 329 Å². The predicted octanol–water partition coefficient (Wildman–Crippen LogP) is 4.71. The molecule has 4 aliphatic rings. The summed E-state index contributed by atoms with van der Waals surface area (Å²) in [5.74, 6) is 1.43. The van der Waals surface area contributed by atoms with Crippen LogP contribution in [-0.2, 0) is 20.7 Å². The maximum atomic E-state index is 12.3. The van der Waals surface area contributed by atoms with Gasteiger partial charge in [-0.25, -0.2) is 9.50 Å². The van der Waals surface area contributed by atoms with Crippen LogP contribution in [0.25, 0.3) is 27.5 Å². The van der Waals surface area contributed by atoms with E-state index in [1.54, 1.807) is 23.7 Å². The number of pyridine rings is 2. The molecule has 56 heavy (non-hydrogen) atoms. The summed E-state index contributed by atoms with van der Waals surface area (Å²) >= 11 is 1.65. The molecule has 2 atom stereocenters. The van der Waals surface area contributed by atoms with Gasteiger partial charge in [0.1, 0.15) is 11.9 Å². The molecule has 0 spiro atoms. The van der Waals surface area contributed by atoms with Crippen molar-refractivity contribution in [3.63, 3.8) is 0 Å².